The fraction of sp³-hybridized carbons (Fsp3) is 0.231. The third kappa shape index (κ3) is 3.89. The number of aromatic nitrogens is 2. The number of hydrogen-bond donors (Lipinski definition) is 0. The maximum absolute atomic E-state index is 13.6. The maximum Gasteiger partial charge on any atom is 0.257 e. The van der Waals surface area contributed by atoms with E-state index in [4.69, 9.17) is 4.74 Å². The van der Waals surface area contributed by atoms with Crippen molar-refractivity contribution >= 4 is 11.0 Å². The molecule has 32 heavy (non-hydrogen) atoms. The highest BCUT2D eigenvalue weighted by molar-refractivity contribution is 5.80. The Kier molecular flexibility index (Phi) is 5.45. The molecule has 0 N–H and O–H groups in total. The van der Waals surface area contributed by atoms with Gasteiger partial charge in [-0.05, 0) is 59.5 Å². The molecule has 2 aromatic carbocycles. The lowest BCUT2D eigenvalue weighted by Crippen LogP contribution is -2.37. The van der Waals surface area contributed by atoms with Gasteiger partial charge < -0.3 is 4.74 Å². The first-order valence-corrected chi connectivity index (χ1v) is 10.7. The predicted octanol–water partition coefficient (Wildman–Crippen LogP) is 4.15. The number of halogens is 1. The summed E-state index contributed by atoms with van der Waals surface area (Å²) in [4.78, 5) is 20.4. The van der Waals surface area contributed by atoms with Crippen molar-refractivity contribution in [3.63, 3.8) is 0 Å². The number of rotatable bonds is 5. The number of pyridine rings is 2. The molecule has 1 aliphatic rings. The Morgan fingerprint density at radius 2 is 1.84 bits per heavy atom. The highest BCUT2D eigenvalue weighted by Crippen LogP contribution is 2.26. The number of fused-ring (bicyclic) bond motifs is 3. The SMILES string of the molecule is COc1ccc(Cn2c(=O)c3c(c4cccnc42)CCN(Cc2cccc(F)c2)C3)cc1. The normalized spacial score (nSPS) is 13.8. The van der Waals surface area contributed by atoms with Gasteiger partial charge in [-0.15, -0.1) is 0 Å². The van der Waals surface area contributed by atoms with Crippen LogP contribution in [0.15, 0.2) is 71.7 Å². The highest BCUT2D eigenvalue weighted by Gasteiger charge is 2.24. The molecule has 162 valence electrons. The molecule has 0 amide bonds. The zero-order valence-electron chi connectivity index (χ0n) is 17.9. The summed E-state index contributed by atoms with van der Waals surface area (Å²) in [6, 6.07) is 18.4. The Morgan fingerprint density at radius 3 is 2.62 bits per heavy atom. The van der Waals surface area contributed by atoms with Crippen molar-refractivity contribution in [1.29, 1.82) is 0 Å². The van der Waals surface area contributed by atoms with E-state index in [1.54, 1.807) is 30.0 Å². The summed E-state index contributed by atoms with van der Waals surface area (Å²) >= 11 is 0. The zero-order chi connectivity index (χ0) is 22.1. The summed E-state index contributed by atoms with van der Waals surface area (Å²) in [5.74, 6) is 0.543. The molecule has 0 fully saturated rings. The van der Waals surface area contributed by atoms with E-state index in [-0.39, 0.29) is 11.4 Å². The molecule has 2 aromatic heterocycles. The lowest BCUT2D eigenvalue weighted by atomic mass is 9.97. The summed E-state index contributed by atoms with van der Waals surface area (Å²) in [7, 11) is 1.63. The Hall–Kier alpha value is -3.51. The second-order valence-electron chi connectivity index (χ2n) is 8.16. The first-order chi connectivity index (χ1) is 15.6. The van der Waals surface area contributed by atoms with Gasteiger partial charge in [0.15, 0.2) is 0 Å². The standard InChI is InChI=1S/C26H24FN3O2/c1-32-21-9-7-18(8-10-21)16-30-25-23(6-3-12-28-25)22-11-13-29(17-24(22)26(30)31)15-19-4-2-5-20(27)14-19/h2-10,12,14H,11,13,15-17H2,1H3. The Labute approximate surface area is 185 Å². The van der Waals surface area contributed by atoms with Crippen LogP contribution in [0.1, 0.15) is 22.3 Å². The van der Waals surface area contributed by atoms with Gasteiger partial charge in [0.05, 0.1) is 13.7 Å². The average molecular weight is 429 g/mol. The van der Waals surface area contributed by atoms with E-state index < -0.39 is 0 Å². The van der Waals surface area contributed by atoms with E-state index in [1.165, 1.54) is 6.07 Å². The van der Waals surface area contributed by atoms with Gasteiger partial charge in [0.2, 0.25) is 0 Å². The highest BCUT2D eigenvalue weighted by atomic mass is 19.1. The summed E-state index contributed by atoms with van der Waals surface area (Å²) in [5, 5.41) is 1.03. The minimum Gasteiger partial charge on any atom is -0.497 e. The molecule has 5 rings (SSSR count). The van der Waals surface area contributed by atoms with E-state index in [0.717, 1.165) is 46.4 Å². The van der Waals surface area contributed by atoms with E-state index in [0.29, 0.717) is 25.3 Å². The fourth-order valence-electron chi connectivity index (χ4n) is 4.51. The summed E-state index contributed by atoms with van der Waals surface area (Å²) < 4.78 is 20.6. The molecule has 0 aliphatic carbocycles. The quantitative estimate of drug-likeness (QED) is 0.478. The molecule has 0 atom stereocenters. The smallest absolute Gasteiger partial charge is 0.257 e. The second-order valence-corrected chi connectivity index (χ2v) is 8.16. The molecule has 3 heterocycles. The Morgan fingerprint density at radius 1 is 1.00 bits per heavy atom. The molecule has 6 heteroatoms. The van der Waals surface area contributed by atoms with Gasteiger partial charge >= 0.3 is 0 Å². The van der Waals surface area contributed by atoms with Crippen molar-refractivity contribution in [2.24, 2.45) is 0 Å². The maximum atomic E-state index is 13.6. The Bertz CT molecular complexity index is 1330. The van der Waals surface area contributed by atoms with Gasteiger partial charge in [0, 0.05) is 36.8 Å². The molecule has 1 aliphatic heterocycles. The second kappa shape index (κ2) is 8.55. The van der Waals surface area contributed by atoms with Crippen LogP contribution in [-0.4, -0.2) is 28.1 Å². The van der Waals surface area contributed by atoms with Crippen LogP contribution in [0.2, 0.25) is 0 Å². The van der Waals surface area contributed by atoms with Crippen LogP contribution in [0, 0.1) is 5.82 Å². The van der Waals surface area contributed by atoms with E-state index in [2.05, 4.69) is 9.88 Å². The number of ether oxygens (including phenoxy) is 1. The largest absolute Gasteiger partial charge is 0.497 e. The van der Waals surface area contributed by atoms with Crippen molar-refractivity contribution in [2.75, 3.05) is 13.7 Å². The summed E-state index contributed by atoms with van der Waals surface area (Å²) in [6.45, 7) is 2.40. The van der Waals surface area contributed by atoms with Gasteiger partial charge in [-0.25, -0.2) is 9.37 Å². The summed E-state index contributed by atoms with van der Waals surface area (Å²) in [6.07, 6.45) is 2.50. The monoisotopic (exact) mass is 429 g/mol. The van der Waals surface area contributed by atoms with Crippen LogP contribution < -0.4 is 10.3 Å². The zero-order valence-corrected chi connectivity index (χ0v) is 17.9. The Balaban J connectivity index is 1.53. The van der Waals surface area contributed by atoms with E-state index in [9.17, 15) is 9.18 Å². The molecule has 0 unspecified atom stereocenters. The van der Waals surface area contributed by atoms with Gasteiger partial charge in [-0.2, -0.15) is 0 Å². The van der Waals surface area contributed by atoms with Crippen molar-refractivity contribution in [2.45, 2.75) is 26.1 Å². The topological polar surface area (TPSA) is 47.4 Å². The molecule has 5 nitrogen and oxygen atoms in total. The number of nitrogens with zero attached hydrogens (tertiary/aromatic N) is 3. The molecule has 0 saturated carbocycles. The predicted molar refractivity (Wildman–Crippen MR) is 122 cm³/mol. The van der Waals surface area contributed by atoms with Crippen molar-refractivity contribution in [1.82, 2.24) is 14.5 Å². The van der Waals surface area contributed by atoms with E-state index >= 15 is 0 Å². The van der Waals surface area contributed by atoms with Gasteiger partial charge in [0.1, 0.15) is 17.2 Å². The molecule has 0 radical (unpaired) electrons. The van der Waals surface area contributed by atoms with Crippen LogP contribution in [0.5, 0.6) is 5.75 Å². The van der Waals surface area contributed by atoms with Gasteiger partial charge in [-0.1, -0.05) is 24.3 Å². The van der Waals surface area contributed by atoms with Crippen molar-refractivity contribution < 1.29 is 9.13 Å². The minimum atomic E-state index is -0.237. The van der Waals surface area contributed by atoms with Crippen molar-refractivity contribution in [3.05, 3.63) is 105 Å². The lowest BCUT2D eigenvalue weighted by Gasteiger charge is -2.30. The first-order valence-electron chi connectivity index (χ1n) is 10.7. The molecule has 0 bridgehead atoms. The first kappa shape index (κ1) is 20.4. The van der Waals surface area contributed by atoms with Crippen LogP contribution in [0.25, 0.3) is 11.0 Å². The molecule has 0 saturated heterocycles. The summed E-state index contributed by atoms with van der Waals surface area (Å²) in [5.41, 5.74) is 4.51. The van der Waals surface area contributed by atoms with E-state index in [1.807, 2.05) is 42.5 Å². The third-order valence-electron chi connectivity index (χ3n) is 6.09. The van der Waals surface area contributed by atoms with Crippen molar-refractivity contribution in [3.8, 4) is 5.75 Å². The van der Waals surface area contributed by atoms with Gasteiger partial charge in [-0.3, -0.25) is 14.3 Å². The third-order valence-corrected chi connectivity index (χ3v) is 6.09. The number of methoxy groups -OCH3 is 1. The number of benzene rings is 2. The average Bonchev–Trinajstić information content (AvgIpc) is 2.82. The van der Waals surface area contributed by atoms with Crippen LogP contribution in [0.4, 0.5) is 4.39 Å². The van der Waals surface area contributed by atoms with Crippen LogP contribution in [0.3, 0.4) is 0 Å². The van der Waals surface area contributed by atoms with Crippen LogP contribution in [-0.2, 0) is 26.1 Å². The molecule has 4 aromatic rings. The fourth-order valence-corrected chi connectivity index (χ4v) is 4.51. The minimum absolute atomic E-state index is 0.00837. The lowest BCUT2D eigenvalue weighted by molar-refractivity contribution is 0.244. The molecular formula is C26H24FN3O2. The molecular weight excluding hydrogens is 405 g/mol. The van der Waals surface area contributed by atoms with Crippen LogP contribution >= 0.6 is 0 Å². The van der Waals surface area contributed by atoms with Gasteiger partial charge in [0.25, 0.3) is 5.56 Å². The number of hydrogen-bond acceptors (Lipinski definition) is 4. The molecule has 0 spiro atoms.